The molecule has 82 valence electrons. The van der Waals surface area contributed by atoms with Crippen LogP contribution in [0.1, 0.15) is 24.3 Å². The van der Waals surface area contributed by atoms with Crippen LogP contribution in [0.3, 0.4) is 0 Å². The van der Waals surface area contributed by atoms with E-state index in [1.807, 2.05) is 6.07 Å². The molecule has 0 radical (unpaired) electrons. The summed E-state index contributed by atoms with van der Waals surface area (Å²) in [7, 11) is 1.53. The standard InChI is InChI=1S/C12H16FNO/c1-15-12-10(3-2-4-11(12)13)9-5-7-14-8-6-9/h2-4,9,14H,5-8H2,1H3. The molecule has 0 aromatic heterocycles. The van der Waals surface area contributed by atoms with E-state index in [4.69, 9.17) is 4.74 Å². The Morgan fingerprint density at radius 3 is 2.73 bits per heavy atom. The Bertz CT molecular complexity index is 334. The van der Waals surface area contributed by atoms with E-state index in [9.17, 15) is 4.39 Å². The highest BCUT2D eigenvalue weighted by molar-refractivity contribution is 5.37. The fourth-order valence-corrected chi connectivity index (χ4v) is 2.20. The van der Waals surface area contributed by atoms with E-state index in [2.05, 4.69) is 5.32 Å². The van der Waals surface area contributed by atoms with Gasteiger partial charge in [-0.2, -0.15) is 0 Å². The second kappa shape index (κ2) is 4.62. The van der Waals surface area contributed by atoms with Gasteiger partial charge in [0.25, 0.3) is 0 Å². The lowest BCUT2D eigenvalue weighted by molar-refractivity contribution is 0.368. The molecule has 1 aromatic carbocycles. The average molecular weight is 209 g/mol. The van der Waals surface area contributed by atoms with Crippen molar-refractivity contribution < 1.29 is 9.13 Å². The highest BCUT2D eigenvalue weighted by Gasteiger charge is 2.20. The van der Waals surface area contributed by atoms with Crippen LogP contribution in [0.15, 0.2) is 18.2 Å². The number of hydrogen-bond donors (Lipinski definition) is 1. The van der Waals surface area contributed by atoms with Crippen molar-refractivity contribution in [3.8, 4) is 5.75 Å². The Morgan fingerprint density at radius 1 is 1.33 bits per heavy atom. The van der Waals surface area contributed by atoms with E-state index in [0.29, 0.717) is 11.7 Å². The van der Waals surface area contributed by atoms with Gasteiger partial charge in [0.1, 0.15) is 0 Å². The number of halogens is 1. The molecule has 0 unspecified atom stereocenters. The topological polar surface area (TPSA) is 21.3 Å². The maximum atomic E-state index is 13.5. The van der Waals surface area contributed by atoms with E-state index in [-0.39, 0.29) is 5.82 Å². The number of piperidine rings is 1. The summed E-state index contributed by atoms with van der Waals surface area (Å²) in [4.78, 5) is 0. The Kier molecular flexibility index (Phi) is 3.21. The first-order valence-corrected chi connectivity index (χ1v) is 5.36. The van der Waals surface area contributed by atoms with Gasteiger partial charge in [0.2, 0.25) is 0 Å². The zero-order chi connectivity index (χ0) is 10.7. The summed E-state index contributed by atoms with van der Waals surface area (Å²) in [6, 6.07) is 5.18. The zero-order valence-electron chi connectivity index (χ0n) is 8.92. The molecule has 1 aromatic rings. The second-order valence-corrected chi connectivity index (χ2v) is 3.89. The van der Waals surface area contributed by atoms with E-state index in [0.717, 1.165) is 31.5 Å². The maximum Gasteiger partial charge on any atom is 0.165 e. The molecular weight excluding hydrogens is 193 g/mol. The summed E-state index contributed by atoms with van der Waals surface area (Å²) in [5.41, 5.74) is 1.01. The lowest BCUT2D eigenvalue weighted by Crippen LogP contribution is -2.26. The predicted molar refractivity (Wildman–Crippen MR) is 57.8 cm³/mol. The summed E-state index contributed by atoms with van der Waals surface area (Å²) in [5, 5.41) is 3.30. The van der Waals surface area contributed by atoms with Gasteiger partial charge in [-0.1, -0.05) is 12.1 Å². The van der Waals surface area contributed by atoms with Gasteiger partial charge in [0.15, 0.2) is 11.6 Å². The first kappa shape index (κ1) is 10.4. The molecule has 1 N–H and O–H groups in total. The number of hydrogen-bond acceptors (Lipinski definition) is 2. The molecule has 2 nitrogen and oxygen atoms in total. The fraction of sp³-hybridized carbons (Fsp3) is 0.500. The van der Waals surface area contributed by atoms with E-state index < -0.39 is 0 Å². The summed E-state index contributed by atoms with van der Waals surface area (Å²) < 4.78 is 18.6. The van der Waals surface area contributed by atoms with Gasteiger partial charge in [0, 0.05) is 5.56 Å². The van der Waals surface area contributed by atoms with E-state index >= 15 is 0 Å². The first-order valence-electron chi connectivity index (χ1n) is 5.36. The van der Waals surface area contributed by atoms with Gasteiger partial charge in [0.05, 0.1) is 7.11 Å². The number of methoxy groups -OCH3 is 1. The zero-order valence-corrected chi connectivity index (χ0v) is 8.92. The summed E-state index contributed by atoms with van der Waals surface area (Å²) >= 11 is 0. The fourth-order valence-electron chi connectivity index (χ4n) is 2.20. The molecule has 1 saturated heterocycles. The van der Waals surface area contributed by atoms with E-state index in [1.54, 1.807) is 6.07 Å². The van der Waals surface area contributed by atoms with Crippen LogP contribution in [0.5, 0.6) is 5.75 Å². The van der Waals surface area contributed by atoms with Gasteiger partial charge < -0.3 is 10.1 Å². The third-order valence-electron chi connectivity index (χ3n) is 2.98. The van der Waals surface area contributed by atoms with Gasteiger partial charge in [-0.05, 0) is 37.9 Å². The highest BCUT2D eigenvalue weighted by Crippen LogP contribution is 2.33. The highest BCUT2D eigenvalue weighted by atomic mass is 19.1. The second-order valence-electron chi connectivity index (χ2n) is 3.89. The smallest absolute Gasteiger partial charge is 0.165 e. The SMILES string of the molecule is COc1c(F)cccc1C1CCNCC1. The lowest BCUT2D eigenvalue weighted by Gasteiger charge is -2.24. The molecule has 1 aliphatic rings. The van der Waals surface area contributed by atoms with Crippen molar-refractivity contribution >= 4 is 0 Å². The molecule has 3 heteroatoms. The third kappa shape index (κ3) is 2.12. The van der Waals surface area contributed by atoms with Crippen molar-refractivity contribution in [1.29, 1.82) is 0 Å². The Hall–Kier alpha value is -1.09. The molecule has 0 spiro atoms. The monoisotopic (exact) mass is 209 g/mol. The number of benzene rings is 1. The molecule has 0 saturated carbocycles. The lowest BCUT2D eigenvalue weighted by atomic mass is 9.89. The summed E-state index contributed by atoms with van der Waals surface area (Å²) in [6.07, 6.45) is 2.11. The predicted octanol–water partition coefficient (Wildman–Crippen LogP) is 2.30. The van der Waals surface area contributed by atoms with Crippen LogP contribution in [0.4, 0.5) is 4.39 Å². The summed E-state index contributed by atoms with van der Waals surface area (Å²) in [5.74, 6) is 0.592. The van der Waals surface area contributed by atoms with Gasteiger partial charge in [-0.25, -0.2) is 4.39 Å². The van der Waals surface area contributed by atoms with E-state index in [1.165, 1.54) is 13.2 Å². The summed E-state index contributed by atoms with van der Waals surface area (Å²) in [6.45, 7) is 2.01. The van der Waals surface area contributed by atoms with Crippen molar-refractivity contribution in [2.45, 2.75) is 18.8 Å². The van der Waals surface area contributed by atoms with Crippen LogP contribution in [0, 0.1) is 5.82 Å². The van der Waals surface area contributed by atoms with Crippen LogP contribution in [-0.2, 0) is 0 Å². The quantitative estimate of drug-likeness (QED) is 0.807. The van der Waals surface area contributed by atoms with Crippen molar-refractivity contribution in [2.24, 2.45) is 0 Å². The number of rotatable bonds is 2. The number of ether oxygens (including phenoxy) is 1. The normalized spacial score (nSPS) is 17.7. The van der Waals surface area contributed by atoms with Crippen molar-refractivity contribution in [2.75, 3.05) is 20.2 Å². The maximum absolute atomic E-state index is 13.5. The molecule has 0 amide bonds. The Balaban J connectivity index is 2.29. The average Bonchev–Trinajstić information content (AvgIpc) is 2.30. The van der Waals surface area contributed by atoms with Crippen LogP contribution in [0.25, 0.3) is 0 Å². The van der Waals surface area contributed by atoms with Crippen molar-refractivity contribution in [3.63, 3.8) is 0 Å². The first-order chi connectivity index (χ1) is 7.33. The molecule has 1 fully saturated rings. The van der Waals surface area contributed by atoms with Gasteiger partial charge in [-0.3, -0.25) is 0 Å². The Labute approximate surface area is 89.4 Å². The van der Waals surface area contributed by atoms with Crippen LogP contribution >= 0.6 is 0 Å². The molecule has 1 heterocycles. The molecule has 0 aliphatic carbocycles. The van der Waals surface area contributed by atoms with Crippen molar-refractivity contribution in [1.82, 2.24) is 5.32 Å². The van der Waals surface area contributed by atoms with Gasteiger partial charge in [-0.15, -0.1) is 0 Å². The number of nitrogens with one attached hydrogen (secondary N) is 1. The minimum absolute atomic E-state index is 0.256. The molecule has 0 atom stereocenters. The molecule has 2 rings (SSSR count). The van der Waals surface area contributed by atoms with Crippen LogP contribution < -0.4 is 10.1 Å². The van der Waals surface area contributed by atoms with Crippen LogP contribution in [0.2, 0.25) is 0 Å². The molecular formula is C12H16FNO. The van der Waals surface area contributed by atoms with Gasteiger partial charge >= 0.3 is 0 Å². The minimum atomic E-state index is -0.256. The molecule has 0 bridgehead atoms. The molecule has 1 aliphatic heterocycles. The Morgan fingerprint density at radius 2 is 2.07 bits per heavy atom. The minimum Gasteiger partial charge on any atom is -0.493 e. The van der Waals surface area contributed by atoms with Crippen molar-refractivity contribution in [3.05, 3.63) is 29.6 Å². The largest absolute Gasteiger partial charge is 0.493 e. The number of para-hydroxylation sites is 1. The van der Waals surface area contributed by atoms with Crippen LogP contribution in [-0.4, -0.2) is 20.2 Å². The molecule has 15 heavy (non-hydrogen) atoms. The third-order valence-corrected chi connectivity index (χ3v) is 2.98.